The molecule has 1 rings (SSSR count). The SMILES string of the molecule is CC[C@H](C)[C@H](NC(=O)[C@H](CCC(=O)OC)NC(=O)[C@H](CCC(=O)OC)NC(=O)[C@H](Cc1ccc(OP(=O)(O)O)cc1)NC(C)=O)C(=O)N[C@@H](CCC(=O)OC)C(=O)OC. The predicted octanol–water partition coefficient (Wildman–Crippen LogP) is -0.777. The van der Waals surface area contributed by atoms with E-state index in [1.165, 1.54) is 24.3 Å². The predicted molar refractivity (Wildman–Crippen MR) is 203 cm³/mol. The monoisotopic (exact) mass is 859 g/mol. The van der Waals surface area contributed by atoms with Gasteiger partial charge in [-0.1, -0.05) is 32.4 Å². The Kier molecular flexibility index (Phi) is 22.4. The first kappa shape index (κ1) is 51.4. The number of carbonyl (C=O) groups excluding carboxylic acids is 9. The Hall–Kier alpha value is -5.60. The van der Waals surface area contributed by atoms with E-state index in [-0.39, 0.29) is 37.9 Å². The topological polar surface area (TPSA) is 317 Å². The third kappa shape index (κ3) is 19.6. The number of nitrogens with one attached hydrogen (secondary N) is 5. The Morgan fingerprint density at radius 1 is 0.610 bits per heavy atom. The summed E-state index contributed by atoms with van der Waals surface area (Å²) in [5.74, 6) is -8.11. The fourth-order valence-corrected chi connectivity index (χ4v) is 5.69. The molecule has 59 heavy (non-hydrogen) atoms. The number of esters is 4. The number of phosphoric acid groups is 1. The van der Waals surface area contributed by atoms with Crippen LogP contribution in [0.5, 0.6) is 5.75 Å². The van der Waals surface area contributed by atoms with E-state index in [1.54, 1.807) is 13.8 Å². The second kappa shape index (κ2) is 25.7. The van der Waals surface area contributed by atoms with Gasteiger partial charge in [-0.15, -0.1) is 0 Å². The molecule has 5 amide bonds. The molecule has 0 bridgehead atoms. The number of hydrogen-bond acceptors (Lipinski definition) is 15. The maximum absolute atomic E-state index is 13.9. The number of phosphoric ester groups is 1. The van der Waals surface area contributed by atoms with Crippen molar-refractivity contribution < 1.29 is 81.0 Å². The molecule has 7 N–H and O–H groups in total. The fraction of sp³-hybridized carbons (Fsp3) is 0.583. The number of methoxy groups -OCH3 is 4. The van der Waals surface area contributed by atoms with Crippen LogP contribution in [0.25, 0.3) is 0 Å². The van der Waals surface area contributed by atoms with Crippen LogP contribution in [-0.4, -0.2) is 122 Å². The van der Waals surface area contributed by atoms with Gasteiger partial charge in [0.2, 0.25) is 29.5 Å². The lowest BCUT2D eigenvalue weighted by Gasteiger charge is -2.29. The van der Waals surface area contributed by atoms with Crippen molar-refractivity contribution in [3.8, 4) is 5.75 Å². The van der Waals surface area contributed by atoms with Crippen molar-refractivity contribution in [3.05, 3.63) is 29.8 Å². The fourth-order valence-electron chi connectivity index (χ4n) is 5.30. The molecular weight excluding hydrogens is 805 g/mol. The van der Waals surface area contributed by atoms with Gasteiger partial charge in [0, 0.05) is 32.6 Å². The highest BCUT2D eigenvalue weighted by molar-refractivity contribution is 7.46. The molecule has 22 nitrogen and oxygen atoms in total. The molecule has 23 heteroatoms. The third-order valence-corrected chi connectivity index (χ3v) is 9.19. The van der Waals surface area contributed by atoms with Gasteiger partial charge in [0.05, 0.1) is 28.4 Å². The Labute approximate surface area is 340 Å². The average molecular weight is 860 g/mol. The quantitative estimate of drug-likeness (QED) is 0.0360. The van der Waals surface area contributed by atoms with Gasteiger partial charge in [0.15, 0.2) is 0 Å². The van der Waals surface area contributed by atoms with Crippen LogP contribution in [0.15, 0.2) is 24.3 Å². The first-order valence-corrected chi connectivity index (χ1v) is 19.8. The van der Waals surface area contributed by atoms with Crippen molar-refractivity contribution in [2.75, 3.05) is 28.4 Å². The molecule has 0 fully saturated rings. The Balaban J connectivity index is 3.44. The number of ether oxygens (including phenoxy) is 4. The lowest BCUT2D eigenvalue weighted by Crippen LogP contribution is -2.60. The second-order valence-corrected chi connectivity index (χ2v) is 14.3. The standard InChI is InChI=1S/C36H54N5O17P/c1-8-20(2)31(35(49)40-26(36(50)57-7)15-18-30(45)56-6)41-33(47)25(14-17-29(44)55-5)38-32(46)24(13-16-28(43)54-4)39-34(48)27(37-21(3)42)19-22-9-11-23(12-10-22)58-59(51,52)53/h9-12,20,24-27,31H,8,13-19H2,1-7H3,(H,37,42)(H,38,46)(H,39,48)(H,40,49)(H,41,47)(H2,51,52,53)/t20-,24-,25-,26-,27-,31-/m0/s1. The van der Waals surface area contributed by atoms with Crippen LogP contribution in [0, 0.1) is 5.92 Å². The summed E-state index contributed by atoms with van der Waals surface area (Å²) in [5.41, 5.74) is 0.397. The summed E-state index contributed by atoms with van der Waals surface area (Å²) in [6.45, 7) is 4.48. The van der Waals surface area contributed by atoms with Crippen LogP contribution in [-0.2, 0) is 73.1 Å². The zero-order valence-electron chi connectivity index (χ0n) is 33.9. The minimum absolute atomic E-state index is 0.176. The van der Waals surface area contributed by atoms with E-state index in [2.05, 4.69) is 45.3 Å². The number of rotatable bonds is 25. The van der Waals surface area contributed by atoms with Crippen LogP contribution < -0.4 is 31.1 Å². The molecule has 0 saturated heterocycles. The lowest BCUT2D eigenvalue weighted by atomic mass is 9.96. The smallest absolute Gasteiger partial charge is 0.469 e. The van der Waals surface area contributed by atoms with E-state index in [1.807, 2.05) is 0 Å². The number of benzene rings is 1. The molecule has 0 aliphatic carbocycles. The number of hydrogen-bond donors (Lipinski definition) is 7. The zero-order valence-corrected chi connectivity index (χ0v) is 34.8. The summed E-state index contributed by atoms with van der Waals surface area (Å²) >= 11 is 0. The number of carbonyl (C=O) groups is 9. The molecule has 0 aliphatic heterocycles. The summed E-state index contributed by atoms with van der Waals surface area (Å²) in [6, 6.07) is -1.84. The van der Waals surface area contributed by atoms with Crippen molar-refractivity contribution in [1.82, 2.24) is 26.6 Å². The van der Waals surface area contributed by atoms with E-state index in [0.717, 1.165) is 35.4 Å². The molecule has 0 saturated carbocycles. The van der Waals surface area contributed by atoms with Gasteiger partial charge in [0.25, 0.3) is 0 Å². The van der Waals surface area contributed by atoms with Gasteiger partial charge >= 0.3 is 31.7 Å². The van der Waals surface area contributed by atoms with Crippen molar-refractivity contribution in [2.24, 2.45) is 5.92 Å². The van der Waals surface area contributed by atoms with E-state index in [0.29, 0.717) is 12.0 Å². The maximum atomic E-state index is 13.9. The van der Waals surface area contributed by atoms with E-state index < -0.39 is 110 Å². The summed E-state index contributed by atoms with van der Waals surface area (Å²) < 4.78 is 34.4. The third-order valence-electron chi connectivity index (χ3n) is 8.74. The number of amides is 5. The minimum atomic E-state index is -4.85. The zero-order chi connectivity index (χ0) is 44.9. The Bertz CT molecular complexity index is 1690. The summed E-state index contributed by atoms with van der Waals surface area (Å²) in [6.07, 6.45) is -1.80. The molecule has 0 unspecified atom stereocenters. The minimum Gasteiger partial charge on any atom is -0.469 e. The Morgan fingerprint density at radius 2 is 1.03 bits per heavy atom. The molecule has 1 aromatic carbocycles. The first-order chi connectivity index (χ1) is 27.7. The molecule has 0 heterocycles. The maximum Gasteiger partial charge on any atom is 0.524 e. The van der Waals surface area contributed by atoms with Gasteiger partial charge < -0.3 is 50.1 Å². The van der Waals surface area contributed by atoms with Crippen LogP contribution in [0.1, 0.15) is 71.3 Å². The van der Waals surface area contributed by atoms with E-state index in [4.69, 9.17) is 14.5 Å². The average Bonchev–Trinajstić information content (AvgIpc) is 3.19. The van der Waals surface area contributed by atoms with Crippen LogP contribution in [0.2, 0.25) is 0 Å². The van der Waals surface area contributed by atoms with Gasteiger partial charge in [-0.05, 0) is 42.9 Å². The molecule has 0 aliphatic rings. The molecule has 0 radical (unpaired) electrons. The second-order valence-electron chi connectivity index (χ2n) is 13.1. The van der Waals surface area contributed by atoms with Gasteiger partial charge in [-0.25, -0.2) is 9.36 Å². The highest BCUT2D eigenvalue weighted by atomic mass is 31.2. The molecule has 330 valence electrons. The molecule has 0 spiro atoms. The van der Waals surface area contributed by atoms with Crippen molar-refractivity contribution >= 4 is 61.2 Å². The first-order valence-electron chi connectivity index (χ1n) is 18.3. The highest BCUT2D eigenvalue weighted by Gasteiger charge is 2.35. The molecule has 6 atom stereocenters. The van der Waals surface area contributed by atoms with Crippen LogP contribution >= 0.6 is 7.82 Å². The molecule has 0 aromatic heterocycles. The Morgan fingerprint density at radius 3 is 1.44 bits per heavy atom. The molecular formula is C36H54N5O17P. The van der Waals surface area contributed by atoms with Crippen molar-refractivity contribution in [3.63, 3.8) is 0 Å². The van der Waals surface area contributed by atoms with Crippen LogP contribution in [0.3, 0.4) is 0 Å². The van der Waals surface area contributed by atoms with Crippen molar-refractivity contribution in [2.45, 2.75) is 102 Å². The largest absolute Gasteiger partial charge is 0.524 e. The molecule has 1 aromatic rings. The summed E-state index contributed by atoms with van der Waals surface area (Å²) in [7, 11) is -0.422. The summed E-state index contributed by atoms with van der Waals surface area (Å²) in [4.78, 5) is 134. The van der Waals surface area contributed by atoms with E-state index >= 15 is 0 Å². The van der Waals surface area contributed by atoms with Gasteiger partial charge in [-0.3, -0.25) is 48.1 Å². The van der Waals surface area contributed by atoms with Crippen LogP contribution in [0.4, 0.5) is 0 Å². The van der Waals surface area contributed by atoms with Gasteiger partial charge in [0.1, 0.15) is 36.0 Å². The highest BCUT2D eigenvalue weighted by Crippen LogP contribution is 2.37. The lowest BCUT2D eigenvalue weighted by molar-refractivity contribution is -0.147. The van der Waals surface area contributed by atoms with Gasteiger partial charge in [-0.2, -0.15) is 0 Å². The normalized spacial score (nSPS) is 14.0. The van der Waals surface area contributed by atoms with Crippen molar-refractivity contribution in [1.29, 1.82) is 0 Å². The summed E-state index contributed by atoms with van der Waals surface area (Å²) in [5, 5.41) is 12.4. The van der Waals surface area contributed by atoms with E-state index in [9.17, 15) is 47.7 Å².